The summed E-state index contributed by atoms with van der Waals surface area (Å²) in [6.07, 6.45) is 11.0. The number of rotatable bonds is 8. The highest BCUT2D eigenvalue weighted by molar-refractivity contribution is 5.81. The molecule has 3 rings (SSSR count). The Morgan fingerprint density at radius 2 is 0.938 bits per heavy atom. The van der Waals surface area contributed by atoms with Gasteiger partial charge >= 0.3 is 0 Å². The van der Waals surface area contributed by atoms with Gasteiger partial charge in [-0.05, 0) is 105 Å². The van der Waals surface area contributed by atoms with Crippen LogP contribution in [0.25, 0.3) is 0 Å². The molecule has 0 atom stereocenters. The van der Waals surface area contributed by atoms with Crippen molar-refractivity contribution in [2.24, 2.45) is 11.8 Å². The van der Waals surface area contributed by atoms with Gasteiger partial charge in [0.2, 0.25) is 11.8 Å². The molecule has 2 N–H and O–H groups in total. The van der Waals surface area contributed by atoms with Crippen LogP contribution in [0.1, 0.15) is 91.9 Å². The number of amides is 2. The molecule has 184 valence electrons. The second kappa shape index (κ2) is 11.3. The summed E-state index contributed by atoms with van der Waals surface area (Å²) in [6.45, 7) is 14.9. The molecule has 32 heavy (non-hydrogen) atoms. The zero-order valence-electron chi connectivity index (χ0n) is 21.2. The van der Waals surface area contributed by atoms with Crippen LogP contribution in [0, 0.1) is 11.8 Å². The summed E-state index contributed by atoms with van der Waals surface area (Å²) in [5.74, 6) is 0.474. The van der Waals surface area contributed by atoms with Gasteiger partial charge in [-0.3, -0.25) is 19.4 Å². The first-order valence-electron chi connectivity index (χ1n) is 13.2. The first-order chi connectivity index (χ1) is 15.2. The maximum absolute atomic E-state index is 12.8. The summed E-state index contributed by atoms with van der Waals surface area (Å²) in [5.41, 5.74) is 0.0165. The Bertz CT molecular complexity index is 559. The summed E-state index contributed by atoms with van der Waals surface area (Å²) < 4.78 is 0. The predicted molar refractivity (Wildman–Crippen MR) is 130 cm³/mol. The van der Waals surface area contributed by atoms with E-state index in [9.17, 15) is 9.59 Å². The second-order valence-corrected chi connectivity index (χ2v) is 11.7. The maximum atomic E-state index is 12.8. The molecule has 0 spiro atoms. The van der Waals surface area contributed by atoms with Crippen molar-refractivity contribution in [1.82, 2.24) is 20.4 Å². The lowest BCUT2D eigenvalue weighted by molar-refractivity contribution is -0.131. The topological polar surface area (TPSA) is 64.7 Å². The van der Waals surface area contributed by atoms with Gasteiger partial charge in [-0.15, -0.1) is 0 Å². The van der Waals surface area contributed by atoms with E-state index in [1.54, 1.807) is 0 Å². The van der Waals surface area contributed by atoms with Crippen molar-refractivity contribution in [3.63, 3.8) is 0 Å². The Hall–Kier alpha value is -1.14. The van der Waals surface area contributed by atoms with Crippen molar-refractivity contribution in [3.8, 4) is 0 Å². The average Bonchev–Trinajstić information content (AvgIpc) is 2.82. The van der Waals surface area contributed by atoms with Crippen molar-refractivity contribution < 1.29 is 9.59 Å². The van der Waals surface area contributed by atoms with E-state index in [-0.39, 0.29) is 34.7 Å². The Morgan fingerprint density at radius 3 is 1.25 bits per heavy atom. The van der Waals surface area contributed by atoms with Crippen LogP contribution in [0.2, 0.25) is 0 Å². The number of carbonyl (C=O) groups excluding carboxylic acids is 2. The number of nitrogens with zero attached hydrogens (tertiary/aromatic N) is 2. The van der Waals surface area contributed by atoms with Crippen LogP contribution in [0.4, 0.5) is 0 Å². The molecule has 6 heteroatoms. The van der Waals surface area contributed by atoms with E-state index in [0.29, 0.717) is 13.1 Å². The van der Waals surface area contributed by atoms with E-state index in [2.05, 4.69) is 48.1 Å². The van der Waals surface area contributed by atoms with Gasteiger partial charge in [-0.1, -0.05) is 12.8 Å². The highest BCUT2D eigenvalue weighted by atomic mass is 16.2. The molecule has 2 saturated heterocycles. The zero-order chi connectivity index (χ0) is 23.2. The fourth-order valence-electron chi connectivity index (χ4n) is 5.74. The summed E-state index contributed by atoms with van der Waals surface area (Å²) in [5, 5.41) is 6.46. The van der Waals surface area contributed by atoms with Crippen LogP contribution in [-0.4, -0.2) is 72.0 Å². The van der Waals surface area contributed by atoms with Crippen molar-refractivity contribution >= 4 is 11.8 Å². The molecule has 2 heterocycles. The van der Waals surface area contributed by atoms with Gasteiger partial charge in [-0.2, -0.15) is 0 Å². The van der Waals surface area contributed by atoms with Gasteiger partial charge in [-0.25, -0.2) is 0 Å². The molecule has 1 saturated carbocycles. The molecule has 0 bridgehead atoms. The molecular formula is C26H48N4O2. The number of hydrogen-bond donors (Lipinski definition) is 2. The molecular weight excluding hydrogens is 400 g/mol. The molecule has 0 unspecified atom stereocenters. The van der Waals surface area contributed by atoms with Crippen LogP contribution >= 0.6 is 0 Å². The van der Waals surface area contributed by atoms with E-state index in [1.165, 1.54) is 38.5 Å². The summed E-state index contributed by atoms with van der Waals surface area (Å²) in [6, 6.07) is 0. The molecule has 1 aliphatic carbocycles. The Labute approximate surface area is 196 Å². The number of carbonyl (C=O) groups is 2. The van der Waals surface area contributed by atoms with E-state index in [0.717, 1.165) is 51.9 Å². The molecule has 0 aromatic heterocycles. The minimum atomic E-state index is 0.00826. The number of hydrogen-bond acceptors (Lipinski definition) is 4. The highest BCUT2D eigenvalue weighted by Crippen LogP contribution is 2.30. The average molecular weight is 449 g/mol. The third-order valence-electron chi connectivity index (χ3n) is 8.28. The molecule has 0 aromatic rings. The fraction of sp³-hybridized carbons (Fsp3) is 0.923. The summed E-state index contributed by atoms with van der Waals surface area (Å²) in [7, 11) is 0. The van der Waals surface area contributed by atoms with E-state index < -0.39 is 0 Å². The summed E-state index contributed by atoms with van der Waals surface area (Å²) >= 11 is 0. The maximum Gasteiger partial charge on any atom is 0.223 e. The molecule has 2 amide bonds. The monoisotopic (exact) mass is 448 g/mol. The minimum Gasteiger partial charge on any atom is -0.354 e. The van der Waals surface area contributed by atoms with Gasteiger partial charge in [0, 0.05) is 36.0 Å². The molecule has 2 aliphatic heterocycles. The van der Waals surface area contributed by atoms with Crippen LogP contribution in [0.3, 0.4) is 0 Å². The van der Waals surface area contributed by atoms with Crippen molar-refractivity contribution in [2.75, 3.05) is 39.3 Å². The first kappa shape index (κ1) is 25.5. The SMILES string of the molecule is CC(C)(CNC(=O)C1CCC(C(=O)NCC(C)(C)N2CCCCC2)CC1)N1CCCCC1. The standard InChI is InChI=1S/C26H48N4O2/c1-25(2,29-15-7-5-8-16-29)19-27-23(31)21-11-13-22(14-12-21)24(32)28-20-26(3,4)30-17-9-6-10-18-30/h21-22H,5-20H2,1-4H3,(H,27,31)(H,28,32). The molecule has 0 radical (unpaired) electrons. The number of piperidine rings is 2. The minimum absolute atomic E-state index is 0.00826. The normalized spacial score (nSPS) is 26.5. The second-order valence-electron chi connectivity index (χ2n) is 11.7. The zero-order valence-corrected chi connectivity index (χ0v) is 21.2. The lowest BCUT2D eigenvalue weighted by Gasteiger charge is -2.41. The molecule has 0 aromatic carbocycles. The highest BCUT2D eigenvalue weighted by Gasteiger charge is 2.34. The Balaban J connectivity index is 1.37. The third kappa shape index (κ3) is 6.93. The van der Waals surface area contributed by atoms with Gasteiger partial charge < -0.3 is 10.6 Å². The summed E-state index contributed by atoms with van der Waals surface area (Å²) in [4.78, 5) is 30.6. The molecule has 6 nitrogen and oxygen atoms in total. The van der Waals surface area contributed by atoms with E-state index in [4.69, 9.17) is 0 Å². The Morgan fingerprint density at radius 1 is 0.625 bits per heavy atom. The van der Waals surface area contributed by atoms with Crippen LogP contribution in [0.5, 0.6) is 0 Å². The fourth-order valence-corrected chi connectivity index (χ4v) is 5.74. The first-order valence-corrected chi connectivity index (χ1v) is 13.2. The van der Waals surface area contributed by atoms with Crippen molar-refractivity contribution in [1.29, 1.82) is 0 Å². The number of likely N-dealkylation sites (tertiary alicyclic amines) is 2. The van der Waals surface area contributed by atoms with E-state index >= 15 is 0 Å². The van der Waals surface area contributed by atoms with Crippen LogP contribution in [-0.2, 0) is 9.59 Å². The van der Waals surface area contributed by atoms with Gasteiger partial charge in [0.05, 0.1) is 0 Å². The lowest BCUT2D eigenvalue weighted by atomic mass is 9.81. The molecule has 3 aliphatic rings. The van der Waals surface area contributed by atoms with E-state index in [1.807, 2.05) is 0 Å². The Kier molecular flexibility index (Phi) is 9.02. The lowest BCUT2D eigenvalue weighted by Crippen LogP contribution is -2.54. The van der Waals surface area contributed by atoms with Gasteiger partial charge in [0.1, 0.15) is 0 Å². The smallest absolute Gasteiger partial charge is 0.223 e. The number of nitrogens with one attached hydrogen (secondary N) is 2. The predicted octanol–water partition coefficient (Wildman–Crippen LogP) is 3.55. The van der Waals surface area contributed by atoms with Crippen molar-refractivity contribution in [2.45, 2.75) is 103 Å². The van der Waals surface area contributed by atoms with Gasteiger partial charge in [0.15, 0.2) is 0 Å². The van der Waals surface area contributed by atoms with Gasteiger partial charge in [0.25, 0.3) is 0 Å². The third-order valence-corrected chi connectivity index (χ3v) is 8.28. The van der Waals surface area contributed by atoms with Crippen molar-refractivity contribution in [3.05, 3.63) is 0 Å². The quantitative estimate of drug-likeness (QED) is 0.596. The largest absolute Gasteiger partial charge is 0.354 e. The van der Waals surface area contributed by atoms with Crippen LogP contribution in [0.15, 0.2) is 0 Å². The molecule has 3 fully saturated rings. The van der Waals surface area contributed by atoms with Crippen LogP contribution < -0.4 is 10.6 Å².